The van der Waals surface area contributed by atoms with E-state index in [-0.39, 0.29) is 6.04 Å². The first kappa shape index (κ1) is 16.1. The molecule has 1 N–H and O–H groups in total. The molecule has 110 valence electrons. The molecule has 0 aliphatic rings. The summed E-state index contributed by atoms with van der Waals surface area (Å²) in [5, 5.41) is 7.85. The lowest BCUT2D eigenvalue weighted by atomic mass is 10.1. The van der Waals surface area contributed by atoms with E-state index in [1.807, 2.05) is 4.68 Å². The second kappa shape index (κ2) is 7.68. The third kappa shape index (κ3) is 3.90. The van der Waals surface area contributed by atoms with Crippen LogP contribution in [0.2, 0.25) is 0 Å². The number of hydrogen-bond donors (Lipinski definition) is 1. The van der Waals surface area contributed by atoms with Crippen molar-refractivity contribution >= 4 is 43.2 Å². The summed E-state index contributed by atoms with van der Waals surface area (Å²) >= 11 is 8.91. The topological polar surface area (TPSA) is 42.7 Å². The third-order valence-corrected chi connectivity index (χ3v) is 5.47. The number of aromatic nitrogens is 3. The molecular weight excluding hydrogens is 404 g/mol. The van der Waals surface area contributed by atoms with E-state index >= 15 is 0 Å². The fraction of sp³-hybridized carbons (Fsp3) is 0.538. The first-order valence-corrected chi connectivity index (χ1v) is 9.10. The summed E-state index contributed by atoms with van der Waals surface area (Å²) in [6, 6.07) is 2.43. The lowest BCUT2D eigenvalue weighted by Gasteiger charge is -2.18. The highest BCUT2D eigenvalue weighted by Crippen LogP contribution is 2.36. The first-order valence-electron chi connectivity index (χ1n) is 6.70. The molecule has 2 heterocycles. The summed E-state index contributed by atoms with van der Waals surface area (Å²) < 4.78 is 4.26. The molecule has 0 aliphatic carbocycles. The molecular formula is C13H18Br2N4S. The van der Waals surface area contributed by atoms with Crippen molar-refractivity contribution in [3.63, 3.8) is 0 Å². The summed E-state index contributed by atoms with van der Waals surface area (Å²) in [6.45, 7) is 6.11. The molecule has 0 amide bonds. The number of thiophene rings is 1. The quantitative estimate of drug-likeness (QED) is 0.729. The maximum absolute atomic E-state index is 4.39. The van der Waals surface area contributed by atoms with E-state index in [4.69, 9.17) is 0 Å². The Balaban J connectivity index is 2.21. The molecule has 0 spiro atoms. The molecule has 1 atom stereocenters. The Morgan fingerprint density at radius 1 is 1.40 bits per heavy atom. The van der Waals surface area contributed by atoms with Gasteiger partial charge in [-0.3, -0.25) is 4.68 Å². The summed E-state index contributed by atoms with van der Waals surface area (Å²) in [5.41, 5.74) is 1.28. The Morgan fingerprint density at radius 2 is 2.20 bits per heavy atom. The van der Waals surface area contributed by atoms with E-state index in [1.165, 1.54) is 9.35 Å². The van der Waals surface area contributed by atoms with Gasteiger partial charge in [0.05, 0.1) is 7.57 Å². The van der Waals surface area contributed by atoms with Gasteiger partial charge in [-0.1, -0.05) is 6.92 Å². The zero-order valence-corrected chi connectivity index (χ0v) is 15.6. The summed E-state index contributed by atoms with van der Waals surface area (Å²) in [6.07, 6.45) is 3.59. The van der Waals surface area contributed by atoms with Crippen molar-refractivity contribution in [3.05, 3.63) is 31.4 Å². The van der Waals surface area contributed by atoms with E-state index in [9.17, 15) is 0 Å². The zero-order valence-electron chi connectivity index (χ0n) is 11.6. The standard InChI is InChI=1S/C13H18Br2N4S/c1-3-5-16-10(9-6-11(14)20-13(9)15)7-12-17-8-18-19(12)4-2/h6,8,10,16H,3-5,7H2,1-2H3. The average Bonchev–Trinajstić information content (AvgIpc) is 3.00. The minimum atomic E-state index is 0.251. The van der Waals surface area contributed by atoms with Crippen molar-refractivity contribution in [2.24, 2.45) is 0 Å². The Hall–Kier alpha value is -0.240. The Bertz CT molecular complexity index is 552. The fourth-order valence-corrected chi connectivity index (χ4v) is 5.07. The molecule has 20 heavy (non-hydrogen) atoms. The van der Waals surface area contributed by atoms with Crippen LogP contribution in [0.1, 0.15) is 37.7 Å². The molecule has 0 saturated heterocycles. The Labute approximate surface area is 140 Å². The van der Waals surface area contributed by atoms with Gasteiger partial charge in [0.1, 0.15) is 12.2 Å². The van der Waals surface area contributed by atoms with Crippen LogP contribution in [0, 0.1) is 0 Å². The Kier molecular flexibility index (Phi) is 6.20. The van der Waals surface area contributed by atoms with Crippen LogP contribution in [-0.4, -0.2) is 21.3 Å². The van der Waals surface area contributed by atoms with Gasteiger partial charge in [-0.2, -0.15) is 5.10 Å². The highest BCUT2D eigenvalue weighted by Gasteiger charge is 2.19. The summed E-state index contributed by atoms with van der Waals surface area (Å²) in [4.78, 5) is 4.39. The largest absolute Gasteiger partial charge is 0.309 e. The molecule has 0 radical (unpaired) electrons. The van der Waals surface area contributed by atoms with Crippen LogP contribution < -0.4 is 5.32 Å². The van der Waals surface area contributed by atoms with E-state index in [0.717, 1.165) is 35.5 Å². The fourth-order valence-electron chi connectivity index (χ4n) is 2.09. The number of aryl methyl sites for hydroxylation is 1. The van der Waals surface area contributed by atoms with Gasteiger partial charge < -0.3 is 5.32 Å². The van der Waals surface area contributed by atoms with Gasteiger partial charge in [0.25, 0.3) is 0 Å². The molecule has 2 aromatic heterocycles. The smallest absolute Gasteiger partial charge is 0.138 e. The lowest BCUT2D eigenvalue weighted by Crippen LogP contribution is -2.25. The molecule has 0 saturated carbocycles. The predicted octanol–water partition coefficient (Wildman–Crippen LogP) is 4.17. The molecule has 7 heteroatoms. The van der Waals surface area contributed by atoms with Gasteiger partial charge in [-0.05, 0) is 63.4 Å². The summed E-state index contributed by atoms with van der Waals surface area (Å²) in [5.74, 6) is 1.02. The first-order chi connectivity index (χ1) is 9.65. The average molecular weight is 422 g/mol. The van der Waals surface area contributed by atoms with Crippen LogP contribution >= 0.6 is 43.2 Å². The van der Waals surface area contributed by atoms with Crippen molar-refractivity contribution in [1.82, 2.24) is 20.1 Å². The number of halogens is 2. The van der Waals surface area contributed by atoms with Gasteiger partial charge in [-0.15, -0.1) is 11.3 Å². The van der Waals surface area contributed by atoms with Gasteiger partial charge in [0.15, 0.2) is 0 Å². The predicted molar refractivity (Wildman–Crippen MR) is 90.2 cm³/mol. The van der Waals surface area contributed by atoms with E-state index in [2.05, 4.69) is 67.2 Å². The SMILES string of the molecule is CCCNC(Cc1ncnn1CC)c1cc(Br)sc1Br. The van der Waals surface area contributed by atoms with E-state index in [1.54, 1.807) is 17.7 Å². The van der Waals surface area contributed by atoms with Gasteiger partial charge in [0.2, 0.25) is 0 Å². The van der Waals surface area contributed by atoms with Crippen LogP contribution in [-0.2, 0) is 13.0 Å². The van der Waals surface area contributed by atoms with Gasteiger partial charge in [-0.25, -0.2) is 4.98 Å². The highest BCUT2D eigenvalue weighted by atomic mass is 79.9. The van der Waals surface area contributed by atoms with Crippen LogP contribution in [0.5, 0.6) is 0 Å². The molecule has 0 bridgehead atoms. The van der Waals surface area contributed by atoms with Gasteiger partial charge >= 0.3 is 0 Å². The second-order valence-electron chi connectivity index (χ2n) is 4.48. The lowest BCUT2D eigenvalue weighted by molar-refractivity contribution is 0.496. The maximum atomic E-state index is 4.39. The zero-order chi connectivity index (χ0) is 14.5. The minimum Gasteiger partial charge on any atom is -0.309 e. The number of nitrogens with one attached hydrogen (secondary N) is 1. The van der Waals surface area contributed by atoms with E-state index < -0.39 is 0 Å². The van der Waals surface area contributed by atoms with Crippen LogP contribution in [0.25, 0.3) is 0 Å². The molecule has 0 aliphatic heterocycles. The molecule has 2 rings (SSSR count). The molecule has 2 aromatic rings. The molecule has 0 fully saturated rings. The summed E-state index contributed by atoms with van der Waals surface area (Å²) in [7, 11) is 0. The van der Waals surface area contributed by atoms with Crippen molar-refractivity contribution in [1.29, 1.82) is 0 Å². The van der Waals surface area contributed by atoms with Gasteiger partial charge in [0, 0.05) is 19.0 Å². The molecule has 1 unspecified atom stereocenters. The highest BCUT2D eigenvalue weighted by molar-refractivity contribution is 9.12. The van der Waals surface area contributed by atoms with Crippen molar-refractivity contribution in [2.45, 2.75) is 39.3 Å². The van der Waals surface area contributed by atoms with Crippen molar-refractivity contribution in [2.75, 3.05) is 6.54 Å². The minimum absolute atomic E-state index is 0.251. The van der Waals surface area contributed by atoms with Crippen molar-refractivity contribution < 1.29 is 0 Å². The monoisotopic (exact) mass is 420 g/mol. The van der Waals surface area contributed by atoms with Crippen LogP contribution in [0.15, 0.2) is 20.0 Å². The number of rotatable bonds is 7. The normalized spacial score (nSPS) is 12.8. The third-order valence-electron chi connectivity index (χ3n) is 3.08. The van der Waals surface area contributed by atoms with Crippen LogP contribution in [0.4, 0.5) is 0 Å². The second-order valence-corrected chi connectivity index (χ2v) is 8.23. The Morgan fingerprint density at radius 3 is 2.80 bits per heavy atom. The maximum Gasteiger partial charge on any atom is 0.138 e. The number of hydrogen-bond acceptors (Lipinski definition) is 4. The van der Waals surface area contributed by atoms with Crippen LogP contribution in [0.3, 0.4) is 0 Å². The molecule has 0 aromatic carbocycles. The molecule has 4 nitrogen and oxygen atoms in total. The van der Waals surface area contributed by atoms with E-state index in [0.29, 0.717) is 0 Å². The number of nitrogens with zero attached hydrogens (tertiary/aromatic N) is 3. The van der Waals surface area contributed by atoms with Crippen molar-refractivity contribution in [3.8, 4) is 0 Å².